The maximum Gasteiger partial charge on any atom is 0.305 e. The highest BCUT2D eigenvalue weighted by molar-refractivity contribution is 5.69. The van der Waals surface area contributed by atoms with Gasteiger partial charge in [0, 0.05) is 12.8 Å². The molecule has 0 heterocycles. The highest BCUT2D eigenvalue weighted by atomic mass is 16.5. The van der Waals surface area contributed by atoms with Gasteiger partial charge in [0.2, 0.25) is 0 Å². The van der Waals surface area contributed by atoms with Gasteiger partial charge in [0.15, 0.2) is 0 Å². The van der Waals surface area contributed by atoms with E-state index in [0.29, 0.717) is 13.0 Å². The molecule has 0 aromatic heterocycles. The summed E-state index contributed by atoms with van der Waals surface area (Å²) in [6.07, 6.45) is 34.0. The van der Waals surface area contributed by atoms with Gasteiger partial charge in [0.05, 0.1) is 6.61 Å². The van der Waals surface area contributed by atoms with Gasteiger partial charge in [0.25, 0.3) is 0 Å². The van der Waals surface area contributed by atoms with Crippen molar-refractivity contribution < 1.29 is 9.53 Å². The minimum atomic E-state index is -0.00676. The molecule has 2 nitrogen and oxygen atoms in total. The Kier molecular flexibility index (Phi) is 25.2. The van der Waals surface area contributed by atoms with Crippen molar-refractivity contribution >= 4 is 5.97 Å². The lowest BCUT2D eigenvalue weighted by Crippen LogP contribution is -2.05. The maximum absolute atomic E-state index is 11.7. The average molecular weight is 421 g/mol. The molecule has 0 radical (unpaired) electrons. The number of carbonyl (C=O) groups is 1. The first-order chi connectivity index (χ1) is 14.8. The van der Waals surface area contributed by atoms with Crippen molar-refractivity contribution in [3.05, 3.63) is 0 Å². The van der Waals surface area contributed by atoms with Crippen molar-refractivity contribution in [1.82, 2.24) is 0 Å². The fourth-order valence-corrected chi connectivity index (χ4v) is 3.94. The maximum atomic E-state index is 11.7. The van der Waals surface area contributed by atoms with Crippen molar-refractivity contribution in [3.8, 4) is 12.3 Å². The summed E-state index contributed by atoms with van der Waals surface area (Å²) in [4.78, 5) is 11.7. The van der Waals surface area contributed by atoms with Gasteiger partial charge in [-0.3, -0.25) is 4.79 Å². The second-order valence-electron chi connectivity index (χ2n) is 9.00. The molecule has 176 valence electrons. The zero-order chi connectivity index (χ0) is 22.0. The molecule has 0 aromatic carbocycles. The molecule has 0 aliphatic heterocycles. The molecule has 0 saturated heterocycles. The van der Waals surface area contributed by atoms with Crippen LogP contribution in [0, 0.1) is 12.3 Å². The lowest BCUT2D eigenvalue weighted by atomic mass is 10.0. The van der Waals surface area contributed by atoms with Crippen molar-refractivity contribution in [3.63, 3.8) is 0 Å². The van der Waals surface area contributed by atoms with Gasteiger partial charge in [-0.25, -0.2) is 0 Å². The topological polar surface area (TPSA) is 26.3 Å². The molecule has 30 heavy (non-hydrogen) atoms. The number of esters is 1. The first-order valence-corrected chi connectivity index (χ1v) is 13.4. The Balaban J connectivity index is 3.13. The Hall–Kier alpha value is -0.970. The highest BCUT2D eigenvalue weighted by Gasteiger charge is 2.02. The van der Waals surface area contributed by atoms with Crippen molar-refractivity contribution in [2.45, 2.75) is 155 Å². The fourth-order valence-electron chi connectivity index (χ4n) is 3.94. The summed E-state index contributed by atoms with van der Waals surface area (Å²) in [5.41, 5.74) is 0. The van der Waals surface area contributed by atoms with E-state index < -0.39 is 0 Å². The fraction of sp³-hybridized carbons (Fsp3) is 0.893. The molecule has 0 spiro atoms. The van der Waals surface area contributed by atoms with Crippen molar-refractivity contribution in [2.24, 2.45) is 0 Å². The number of hydrogen-bond donors (Lipinski definition) is 0. The molecular weight excluding hydrogens is 368 g/mol. The number of unbranched alkanes of at least 4 members (excludes halogenated alkanes) is 20. The van der Waals surface area contributed by atoms with Crippen LogP contribution < -0.4 is 0 Å². The summed E-state index contributed by atoms with van der Waals surface area (Å²) in [7, 11) is 0. The Bertz CT molecular complexity index is 383. The number of hydrogen-bond acceptors (Lipinski definition) is 2. The SMILES string of the molecule is C#CCCCCCCCCC(=O)OCCCCCCCCCCCCCCCCC. The third-order valence-electron chi connectivity index (χ3n) is 5.96. The Morgan fingerprint density at radius 2 is 1.00 bits per heavy atom. The van der Waals surface area contributed by atoms with Crippen LogP contribution in [0.2, 0.25) is 0 Å². The van der Waals surface area contributed by atoms with Crippen LogP contribution in [0.1, 0.15) is 155 Å². The minimum Gasteiger partial charge on any atom is -0.466 e. The van der Waals surface area contributed by atoms with Crippen LogP contribution in [-0.2, 0) is 9.53 Å². The largest absolute Gasteiger partial charge is 0.466 e. The number of carbonyl (C=O) groups excluding carboxylic acids is 1. The number of terminal acetylenes is 1. The number of ether oxygens (including phenoxy) is 1. The van der Waals surface area contributed by atoms with E-state index in [9.17, 15) is 4.79 Å². The molecule has 0 atom stereocenters. The molecular formula is C28H52O2. The predicted octanol–water partition coefficient (Wildman–Crippen LogP) is 9.16. The van der Waals surface area contributed by atoms with E-state index in [2.05, 4.69) is 12.8 Å². The summed E-state index contributed by atoms with van der Waals surface area (Å²) < 4.78 is 5.35. The van der Waals surface area contributed by atoms with Crippen molar-refractivity contribution in [1.29, 1.82) is 0 Å². The Labute approximate surface area is 189 Å². The van der Waals surface area contributed by atoms with Gasteiger partial charge in [0.1, 0.15) is 0 Å². The van der Waals surface area contributed by atoms with Crippen LogP contribution in [0.4, 0.5) is 0 Å². The molecule has 0 unspecified atom stereocenters. The second-order valence-corrected chi connectivity index (χ2v) is 9.00. The Morgan fingerprint density at radius 1 is 0.600 bits per heavy atom. The molecule has 0 rings (SSSR count). The van der Waals surface area contributed by atoms with Gasteiger partial charge in [-0.15, -0.1) is 12.3 Å². The molecule has 0 fully saturated rings. The van der Waals surface area contributed by atoms with E-state index in [1.807, 2.05) is 0 Å². The third kappa shape index (κ3) is 25.1. The zero-order valence-corrected chi connectivity index (χ0v) is 20.4. The molecule has 0 aliphatic carbocycles. The van der Waals surface area contributed by atoms with Gasteiger partial charge in [-0.1, -0.05) is 122 Å². The van der Waals surface area contributed by atoms with Gasteiger partial charge >= 0.3 is 5.97 Å². The first-order valence-electron chi connectivity index (χ1n) is 13.4. The molecule has 0 amide bonds. The van der Waals surface area contributed by atoms with Crippen LogP contribution in [0.25, 0.3) is 0 Å². The van der Waals surface area contributed by atoms with E-state index in [4.69, 9.17) is 11.2 Å². The smallest absolute Gasteiger partial charge is 0.305 e. The standard InChI is InChI=1S/C28H52O2/c1-3-5-7-9-11-13-14-15-16-17-18-19-21-23-25-27-30-28(29)26-24-22-20-12-10-8-6-4-2/h2H,3,5-27H2,1H3. The summed E-state index contributed by atoms with van der Waals surface area (Å²) >= 11 is 0. The summed E-state index contributed by atoms with van der Waals surface area (Å²) in [5, 5.41) is 0. The summed E-state index contributed by atoms with van der Waals surface area (Å²) in [5.74, 6) is 2.67. The lowest BCUT2D eigenvalue weighted by Gasteiger charge is -2.05. The van der Waals surface area contributed by atoms with Gasteiger partial charge < -0.3 is 4.74 Å². The predicted molar refractivity (Wildman–Crippen MR) is 132 cm³/mol. The van der Waals surface area contributed by atoms with Crippen molar-refractivity contribution in [2.75, 3.05) is 6.61 Å². The monoisotopic (exact) mass is 420 g/mol. The Morgan fingerprint density at radius 3 is 1.47 bits per heavy atom. The van der Waals surface area contributed by atoms with Crippen LogP contribution in [0.15, 0.2) is 0 Å². The summed E-state index contributed by atoms with van der Waals surface area (Å²) in [6.45, 7) is 2.90. The quantitative estimate of drug-likeness (QED) is 0.0883. The molecule has 0 aliphatic rings. The summed E-state index contributed by atoms with van der Waals surface area (Å²) in [6, 6.07) is 0. The minimum absolute atomic E-state index is 0.00676. The van der Waals surface area contributed by atoms with Crippen LogP contribution >= 0.6 is 0 Å². The first kappa shape index (κ1) is 29.0. The molecule has 0 bridgehead atoms. The third-order valence-corrected chi connectivity index (χ3v) is 5.96. The van der Waals surface area contributed by atoms with Gasteiger partial charge in [-0.2, -0.15) is 0 Å². The van der Waals surface area contributed by atoms with Gasteiger partial charge in [-0.05, 0) is 19.3 Å². The van der Waals surface area contributed by atoms with E-state index >= 15 is 0 Å². The normalized spacial score (nSPS) is 10.8. The molecule has 0 N–H and O–H groups in total. The zero-order valence-electron chi connectivity index (χ0n) is 20.4. The number of rotatable bonds is 24. The molecule has 0 saturated carbocycles. The van der Waals surface area contributed by atoms with E-state index in [1.54, 1.807) is 0 Å². The second kappa shape index (κ2) is 26.1. The average Bonchev–Trinajstić information content (AvgIpc) is 2.75. The molecule has 2 heteroatoms. The highest BCUT2D eigenvalue weighted by Crippen LogP contribution is 2.13. The van der Waals surface area contributed by atoms with E-state index in [1.165, 1.54) is 109 Å². The lowest BCUT2D eigenvalue weighted by molar-refractivity contribution is -0.143. The van der Waals surface area contributed by atoms with Crippen LogP contribution in [0.5, 0.6) is 0 Å². The van der Waals surface area contributed by atoms with E-state index in [-0.39, 0.29) is 5.97 Å². The van der Waals surface area contributed by atoms with Crippen LogP contribution in [0.3, 0.4) is 0 Å². The van der Waals surface area contributed by atoms with Crippen LogP contribution in [-0.4, -0.2) is 12.6 Å². The van der Waals surface area contributed by atoms with E-state index in [0.717, 1.165) is 32.1 Å². The molecule has 0 aromatic rings.